The smallest absolute Gasteiger partial charge is 0.254 e. The summed E-state index contributed by atoms with van der Waals surface area (Å²) in [5, 5.41) is 9.97. The Morgan fingerprint density at radius 1 is 1.30 bits per heavy atom. The number of carbonyl (C=O) groups is 1. The summed E-state index contributed by atoms with van der Waals surface area (Å²) in [5.41, 5.74) is 4.95. The van der Waals surface area contributed by atoms with E-state index in [1.165, 1.54) is 11.1 Å². The maximum Gasteiger partial charge on any atom is 0.254 e. The molecule has 2 heterocycles. The lowest BCUT2D eigenvalue weighted by atomic mass is 9.59. The first-order valence-electron chi connectivity index (χ1n) is 9.54. The van der Waals surface area contributed by atoms with Gasteiger partial charge in [-0.25, -0.2) is 4.98 Å². The lowest BCUT2D eigenvalue weighted by Crippen LogP contribution is -2.59. The third-order valence-electron chi connectivity index (χ3n) is 6.92. The minimum atomic E-state index is -0.0128. The number of fused-ring (bicyclic) bond motifs is 5. The molecule has 1 unspecified atom stereocenters. The summed E-state index contributed by atoms with van der Waals surface area (Å²) in [4.78, 5) is 22.7. The molecular formula is C22H23N3O2. The van der Waals surface area contributed by atoms with Crippen molar-refractivity contribution in [2.75, 3.05) is 6.54 Å². The highest BCUT2D eigenvalue weighted by atomic mass is 16.3. The monoisotopic (exact) mass is 361 g/mol. The molecule has 2 N–H and O–H groups in total. The Labute approximate surface area is 158 Å². The molecule has 2 bridgehead atoms. The average molecular weight is 361 g/mol. The molecule has 1 aliphatic carbocycles. The lowest BCUT2D eigenvalue weighted by Gasteiger charge is -2.54. The van der Waals surface area contributed by atoms with E-state index < -0.39 is 0 Å². The fourth-order valence-corrected chi connectivity index (χ4v) is 5.09. The first-order chi connectivity index (χ1) is 13.0. The quantitative estimate of drug-likeness (QED) is 0.695. The fourth-order valence-electron chi connectivity index (χ4n) is 5.09. The highest BCUT2D eigenvalue weighted by Crippen LogP contribution is 2.49. The van der Waals surface area contributed by atoms with Gasteiger partial charge >= 0.3 is 0 Å². The topological polar surface area (TPSA) is 69.2 Å². The van der Waals surface area contributed by atoms with Gasteiger partial charge in [0.1, 0.15) is 5.75 Å². The number of likely N-dealkylation sites (tertiary alicyclic amines) is 1. The van der Waals surface area contributed by atoms with Gasteiger partial charge in [0.25, 0.3) is 5.91 Å². The van der Waals surface area contributed by atoms with Gasteiger partial charge < -0.3 is 15.0 Å². The van der Waals surface area contributed by atoms with Crippen molar-refractivity contribution in [1.82, 2.24) is 14.9 Å². The number of benzene rings is 2. The average Bonchev–Trinajstić information content (AvgIpc) is 3.13. The minimum Gasteiger partial charge on any atom is -0.508 e. The number of nitrogens with zero attached hydrogens (tertiary/aromatic N) is 2. The van der Waals surface area contributed by atoms with Crippen LogP contribution in [0.3, 0.4) is 0 Å². The van der Waals surface area contributed by atoms with Crippen molar-refractivity contribution in [3.8, 4) is 5.75 Å². The lowest BCUT2D eigenvalue weighted by molar-refractivity contribution is 0.0250. The zero-order valence-electron chi connectivity index (χ0n) is 15.6. The van der Waals surface area contributed by atoms with Gasteiger partial charge in [-0.3, -0.25) is 4.79 Å². The maximum atomic E-state index is 13.3. The first-order valence-corrected chi connectivity index (χ1v) is 9.54. The number of imidazole rings is 1. The van der Waals surface area contributed by atoms with Crippen molar-refractivity contribution in [2.45, 2.75) is 38.1 Å². The summed E-state index contributed by atoms with van der Waals surface area (Å²) in [6, 6.07) is 11.5. The second-order valence-corrected chi connectivity index (χ2v) is 8.20. The Morgan fingerprint density at radius 3 is 3.00 bits per heavy atom. The zero-order valence-corrected chi connectivity index (χ0v) is 15.6. The van der Waals surface area contributed by atoms with E-state index in [1.807, 2.05) is 30.3 Å². The molecule has 138 valence electrons. The summed E-state index contributed by atoms with van der Waals surface area (Å²) >= 11 is 0. The number of hydrogen-bond donors (Lipinski definition) is 2. The van der Waals surface area contributed by atoms with Gasteiger partial charge in [-0.2, -0.15) is 0 Å². The molecule has 1 aliphatic heterocycles. The van der Waals surface area contributed by atoms with Crippen LogP contribution in [0.1, 0.15) is 41.8 Å². The van der Waals surface area contributed by atoms with Crippen molar-refractivity contribution in [3.63, 3.8) is 0 Å². The predicted octanol–water partition coefficient (Wildman–Crippen LogP) is 3.63. The van der Waals surface area contributed by atoms with Crippen LogP contribution in [0.25, 0.3) is 11.0 Å². The van der Waals surface area contributed by atoms with Crippen molar-refractivity contribution in [2.24, 2.45) is 5.92 Å². The van der Waals surface area contributed by atoms with Crippen molar-refractivity contribution >= 4 is 16.9 Å². The van der Waals surface area contributed by atoms with Crippen molar-refractivity contribution < 1.29 is 9.90 Å². The van der Waals surface area contributed by atoms with E-state index in [4.69, 9.17) is 0 Å². The molecule has 2 aliphatic rings. The molecule has 1 amide bonds. The number of aromatic amines is 1. The molecule has 1 aromatic heterocycles. The third-order valence-corrected chi connectivity index (χ3v) is 6.92. The van der Waals surface area contributed by atoms with Gasteiger partial charge in [-0.1, -0.05) is 19.9 Å². The van der Waals surface area contributed by atoms with E-state index in [2.05, 4.69) is 28.7 Å². The Kier molecular flexibility index (Phi) is 3.39. The van der Waals surface area contributed by atoms with Crippen LogP contribution in [-0.4, -0.2) is 38.5 Å². The second-order valence-electron chi connectivity index (χ2n) is 8.20. The molecule has 3 aromatic rings. The van der Waals surface area contributed by atoms with E-state index in [0.717, 1.165) is 30.4 Å². The van der Waals surface area contributed by atoms with Crippen molar-refractivity contribution in [1.29, 1.82) is 0 Å². The molecule has 27 heavy (non-hydrogen) atoms. The Balaban J connectivity index is 1.52. The summed E-state index contributed by atoms with van der Waals surface area (Å²) < 4.78 is 0. The van der Waals surface area contributed by atoms with Crippen LogP contribution < -0.4 is 0 Å². The molecular weight excluding hydrogens is 338 g/mol. The van der Waals surface area contributed by atoms with Crippen LogP contribution in [0, 0.1) is 5.92 Å². The van der Waals surface area contributed by atoms with E-state index >= 15 is 0 Å². The van der Waals surface area contributed by atoms with Crippen LogP contribution in [0.5, 0.6) is 5.75 Å². The summed E-state index contributed by atoms with van der Waals surface area (Å²) in [6.07, 6.45) is 3.39. The van der Waals surface area contributed by atoms with Crippen LogP contribution in [0.2, 0.25) is 0 Å². The molecule has 2 aromatic carbocycles. The van der Waals surface area contributed by atoms with Gasteiger partial charge in [0.15, 0.2) is 0 Å². The number of rotatable bonds is 1. The van der Waals surface area contributed by atoms with Gasteiger partial charge in [0.05, 0.1) is 17.4 Å². The van der Waals surface area contributed by atoms with Gasteiger partial charge in [-0.05, 0) is 65.6 Å². The number of aromatic hydroxyl groups is 1. The fraction of sp³-hybridized carbons (Fsp3) is 0.364. The van der Waals surface area contributed by atoms with Gasteiger partial charge in [0.2, 0.25) is 0 Å². The molecule has 0 spiro atoms. The normalized spacial score (nSPS) is 26.8. The standard InChI is InChI=1S/C22H23N3O2/c1-13-20-10-14-3-5-16(26)11-17(14)22(13,2)7-8-25(20)21(27)15-4-6-18-19(9-15)24-12-23-18/h3-6,9,11-13,20,26H,7-8,10H2,1-2H3,(H,23,24)/t13?,20-,22-/m1/s1. The van der Waals surface area contributed by atoms with E-state index in [9.17, 15) is 9.90 Å². The van der Waals surface area contributed by atoms with E-state index in [1.54, 1.807) is 12.4 Å². The molecule has 1 saturated heterocycles. The molecule has 5 nitrogen and oxygen atoms in total. The number of amides is 1. The van der Waals surface area contributed by atoms with Gasteiger partial charge in [-0.15, -0.1) is 0 Å². The van der Waals surface area contributed by atoms with Gasteiger partial charge in [0, 0.05) is 18.2 Å². The molecule has 0 radical (unpaired) electrons. The number of carbonyl (C=O) groups excluding carboxylic acids is 1. The van der Waals surface area contributed by atoms with Crippen LogP contribution in [0.4, 0.5) is 0 Å². The Morgan fingerprint density at radius 2 is 2.15 bits per heavy atom. The predicted molar refractivity (Wildman–Crippen MR) is 104 cm³/mol. The zero-order chi connectivity index (χ0) is 18.8. The second kappa shape index (κ2) is 5.59. The van der Waals surface area contributed by atoms with Crippen LogP contribution in [0.15, 0.2) is 42.7 Å². The molecule has 5 rings (SSSR count). The Hall–Kier alpha value is -2.82. The summed E-state index contributed by atoms with van der Waals surface area (Å²) in [6.45, 7) is 5.26. The number of piperidine rings is 1. The molecule has 5 heteroatoms. The van der Waals surface area contributed by atoms with Crippen LogP contribution >= 0.6 is 0 Å². The SMILES string of the molecule is CC1[C@H]2Cc3ccc(O)cc3[C@]1(C)CCN2C(=O)c1ccc2nc[nH]c2c1. The largest absolute Gasteiger partial charge is 0.508 e. The summed E-state index contributed by atoms with van der Waals surface area (Å²) in [5.74, 6) is 0.750. The van der Waals surface area contributed by atoms with E-state index in [0.29, 0.717) is 17.2 Å². The number of hydrogen-bond acceptors (Lipinski definition) is 3. The molecule has 3 atom stereocenters. The molecule has 1 fully saturated rings. The third kappa shape index (κ3) is 2.30. The number of H-pyrrole nitrogens is 1. The van der Waals surface area contributed by atoms with Crippen molar-refractivity contribution in [3.05, 3.63) is 59.4 Å². The minimum absolute atomic E-state index is 0.0128. The Bertz CT molecular complexity index is 1060. The number of aromatic nitrogens is 2. The highest BCUT2D eigenvalue weighted by Gasteiger charge is 2.49. The van der Waals surface area contributed by atoms with E-state index in [-0.39, 0.29) is 17.4 Å². The number of phenolic OH excluding ortho intramolecular Hbond substituents is 1. The number of phenols is 1. The highest BCUT2D eigenvalue weighted by molar-refractivity contribution is 5.97. The maximum absolute atomic E-state index is 13.3. The first kappa shape index (κ1) is 16.4. The molecule has 0 saturated carbocycles. The number of nitrogens with one attached hydrogen (secondary N) is 1. The summed E-state index contributed by atoms with van der Waals surface area (Å²) in [7, 11) is 0. The van der Waals surface area contributed by atoms with Crippen LogP contribution in [-0.2, 0) is 11.8 Å².